The quantitative estimate of drug-likeness (QED) is 0.191. The molecular weight excluding hydrogens is 617 g/mol. The van der Waals surface area contributed by atoms with Crippen LogP contribution >= 0.6 is 0 Å². The fraction of sp³-hybridized carbons (Fsp3) is 0.224. The summed E-state index contributed by atoms with van der Waals surface area (Å²) >= 11 is 0. The second-order valence-corrected chi connectivity index (χ2v) is 14.7. The van der Waals surface area contributed by atoms with Gasteiger partial charge in [0.15, 0.2) is 0 Å². The van der Waals surface area contributed by atoms with Gasteiger partial charge < -0.3 is 9.47 Å². The first-order valence-electron chi connectivity index (χ1n) is 19.0. The summed E-state index contributed by atoms with van der Waals surface area (Å²) in [5.41, 5.74) is 13.3. The number of hydrogen-bond acceptors (Lipinski definition) is 1. The van der Waals surface area contributed by atoms with Crippen LogP contribution in [-0.4, -0.2) is 4.57 Å². The van der Waals surface area contributed by atoms with E-state index < -0.39 is 0 Å². The topological polar surface area (TPSA) is 8.17 Å². The number of fused-ring (bicyclic) bond motifs is 3. The number of allylic oxidation sites excluding steroid dienone is 19. The van der Waals surface area contributed by atoms with E-state index in [9.17, 15) is 0 Å². The zero-order chi connectivity index (χ0) is 34.1. The van der Waals surface area contributed by atoms with Crippen molar-refractivity contribution in [3.05, 3.63) is 186 Å². The maximum atomic E-state index is 2.52. The predicted molar refractivity (Wildman–Crippen MR) is 218 cm³/mol. The van der Waals surface area contributed by atoms with E-state index in [1.54, 1.807) is 5.57 Å². The second-order valence-electron chi connectivity index (χ2n) is 14.7. The zero-order valence-electron chi connectivity index (χ0n) is 29.6. The van der Waals surface area contributed by atoms with Crippen molar-refractivity contribution in [1.29, 1.82) is 0 Å². The van der Waals surface area contributed by atoms with Gasteiger partial charge in [-0.1, -0.05) is 122 Å². The molecule has 3 unspecified atom stereocenters. The monoisotopic (exact) mass is 662 g/mol. The highest BCUT2D eigenvalue weighted by Crippen LogP contribution is 2.41. The number of nitrogens with zero attached hydrogens (tertiary/aromatic N) is 2. The minimum absolute atomic E-state index is 0.481. The molecule has 5 aliphatic rings. The third-order valence-corrected chi connectivity index (χ3v) is 11.4. The number of para-hydroxylation sites is 1. The van der Waals surface area contributed by atoms with E-state index >= 15 is 0 Å². The Hall–Kier alpha value is -5.34. The standard InChI is InChI=1S/C49H46N2/c1-35-32-39(36-14-6-2-7-15-36)26-29-45(35)38-24-22-37(23-25-38)40-27-31-48-47(33-40)46-30-28-44(34-49(46)51(48)43-20-12-5-13-21-43)50(41-16-8-3-9-17-41)42-18-10-4-11-19-42/h2-3,5-8,10,12-14,16,18-22,24,26-36,45H,4,9,11,15,17,23,25H2,1H3. The van der Waals surface area contributed by atoms with Gasteiger partial charge >= 0.3 is 0 Å². The van der Waals surface area contributed by atoms with Gasteiger partial charge in [0.25, 0.3) is 0 Å². The summed E-state index contributed by atoms with van der Waals surface area (Å²) < 4.78 is 2.46. The summed E-state index contributed by atoms with van der Waals surface area (Å²) in [5, 5.41) is 2.61. The molecule has 9 rings (SSSR count). The van der Waals surface area contributed by atoms with E-state index in [1.807, 2.05) is 0 Å². The lowest BCUT2D eigenvalue weighted by atomic mass is 9.75. The highest BCUT2D eigenvalue weighted by atomic mass is 15.2. The molecule has 0 bridgehead atoms. The van der Waals surface area contributed by atoms with Crippen LogP contribution in [0.15, 0.2) is 180 Å². The normalized spacial score (nSPS) is 22.8. The van der Waals surface area contributed by atoms with Crippen LogP contribution in [0.3, 0.4) is 0 Å². The van der Waals surface area contributed by atoms with Gasteiger partial charge in [-0.15, -0.1) is 0 Å². The van der Waals surface area contributed by atoms with Crippen LogP contribution in [0.1, 0.15) is 57.4 Å². The van der Waals surface area contributed by atoms with E-state index in [0.29, 0.717) is 17.8 Å². The Morgan fingerprint density at radius 2 is 1.65 bits per heavy atom. The Morgan fingerprint density at radius 3 is 2.41 bits per heavy atom. The van der Waals surface area contributed by atoms with E-state index in [1.165, 1.54) is 61.3 Å². The smallest absolute Gasteiger partial charge is 0.0561 e. The molecule has 3 aromatic carbocycles. The van der Waals surface area contributed by atoms with Crippen LogP contribution in [0.2, 0.25) is 0 Å². The van der Waals surface area contributed by atoms with Crippen molar-refractivity contribution in [2.45, 2.75) is 51.9 Å². The molecule has 3 atom stereocenters. The molecule has 0 amide bonds. The van der Waals surface area contributed by atoms with E-state index in [0.717, 1.165) is 44.9 Å². The van der Waals surface area contributed by atoms with Crippen LogP contribution in [0, 0.1) is 17.8 Å². The summed E-state index contributed by atoms with van der Waals surface area (Å²) in [6.45, 7) is 2.39. The molecule has 0 radical (unpaired) electrons. The van der Waals surface area contributed by atoms with Gasteiger partial charge in [-0.25, -0.2) is 0 Å². The van der Waals surface area contributed by atoms with Gasteiger partial charge in [0, 0.05) is 45.4 Å². The lowest BCUT2D eigenvalue weighted by Crippen LogP contribution is -2.22. The molecule has 0 saturated heterocycles. The number of aromatic nitrogens is 1. The third kappa shape index (κ3) is 6.08. The van der Waals surface area contributed by atoms with Crippen LogP contribution in [0.4, 0.5) is 5.69 Å². The minimum atomic E-state index is 0.481. The molecule has 1 heterocycles. The van der Waals surface area contributed by atoms with Gasteiger partial charge in [-0.2, -0.15) is 0 Å². The first-order chi connectivity index (χ1) is 25.2. The third-order valence-electron chi connectivity index (χ3n) is 11.4. The van der Waals surface area contributed by atoms with Crippen LogP contribution in [-0.2, 0) is 0 Å². The molecule has 0 aliphatic heterocycles. The Bertz CT molecular complexity index is 2310. The van der Waals surface area contributed by atoms with Crippen molar-refractivity contribution >= 4 is 33.1 Å². The Balaban J connectivity index is 1.08. The average Bonchev–Trinajstić information content (AvgIpc) is 3.52. The lowest BCUT2D eigenvalue weighted by molar-refractivity contribution is 0.545. The molecule has 0 saturated carbocycles. The SMILES string of the molecule is CC1C=C(C2C=CC=CC2)C=CC1C1=CC=C(c2ccc3c(c2)c2ccc(N(C4=CCCC=C4)C4=CC=CCC4)cc2n3-c2ccccc2)CC1. The predicted octanol–water partition coefficient (Wildman–Crippen LogP) is 13.0. The van der Waals surface area contributed by atoms with Crippen molar-refractivity contribution in [3.63, 3.8) is 0 Å². The average molecular weight is 663 g/mol. The van der Waals surface area contributed by atoms with Crippen molar-refractivity contribution in [2.24, 2.45) is 17.8 Å². The summed E-state index contributed by atoms with van der Waals surface area (Å²) in [4.78, 5) is 2.48. The number of benzene rings is 3. The molecule has 0 N–H and O–H groups in total. The molecule has 51 heavy (non-hydrogen) atoms. The molecule has 0 spiro atoms. The molecule has 252 valence electrons. The molecular formula is C49H46N2. The first kappa shape index (κ1) is 31.6. The van der Waals surface area contributed by atoms with Crippen molar-refractivity contribution in [2.75, 3.05) is 4.90 Å². The van der Waals surface area contributed by atoms with Crippen LogP contribution < -0.4 is 4.90 Å². The molecule has 2 heteroatoms. The van der Waals surface area contributed by atoms with Crippen molar-refractivity contribution in [1.82, 2.24) is 4.57 Å². The van der Waals surface area contributed by atoms with Gasteiger partial charge in [0.1, 0.15) is 0 Å². The van der Waals surface area contributed by atoms with Crippen LogP contribution in [0.5, 0.6) is 0 Å². The van der Waals surface area contributed by atoms with Crippen molar-refractivity contribution in [3.8, 4) is 5.69 Å². The first-order valence-corrected chi connectivity index (χ1v) is 19.0. The van der Waals surface area contributed by atoms with E-state index in [-0.39, 0.29) is 0 Å². The maximum absolute atomic E-state index is 2.52. The molecule has 0 fully saturated rings. The summed E-state index contributed by atoms with van der Waals surface area (Å²) in [5.74, 6) is 1.52. The van der Waals surface area contributed by atoms with Crippen LogP contribution in [0.25, 0.3) is 33.1 Å². The fourth-order valence-corrected chi connectivity index (χ4v) is 8.79. The lowest BCUT2D eigenvalue weighted by Gasteiger charge is -2.31. The summed E-state index contributed by atoms with van der Waals surface area (Å²) in [6, 6.07) is 25.1. The van der Waals surface area contributed by atoms with Gasteiger partial charge in [-0.3, -0.25) is 0 Å². The Kier molecular flexibility index (Phi) is 8.53. The number of hydrogen-bond donors (Lipinski definition) is 0. The minimum Gasteiger partial charge on any atom is -0.314 e. The van der Waals surface area contributed by atoms with E-state index in [2.05, 4.69) is 174 Å². The Morgan fingerprint density at radius 1 is 0.706 bits per heavy atom. The zero-order valence-corrected chi connectivity index (χ0v) is 29.6. The summed E-state index contributed by atoms with van der Waals surface area (Å²) in [7, 11) is 0. The number of anilines is 1. The van der Waals surface area contributed by atoms with Crippen molar-refractivity contribution < 1.29 is 0 Å². The molecule has 5 aliphatic carbocycles. The van der Waals surface area contributed by atoms with E-state index in [4.69, 9.17) is 0 Å². The van der Waals surface area contributed by atoms with Gasteiger partial charge in [0.2, 0.25) is 0 Å². The molecule has 4 aromatic rings. The van der Waals surface area contributed by atoms with Gasteiger partial charge in [-0.05, 0) is 116 Å². The second kappa shape index (κ2) is 13.8. The Labute approximate surface area is 302 Å². The molecule has 1 aromatic heterocycles. The summed E-state index contributed by atoms with van der Waals surface area (Å²) in [6.07, 6.45) is 42.6. The highest BCUT2D eigenvalue weighted by Gasteiger charge is 2.25. The number of rotatable bonds is 7. The maximum Gasteiger partial charge on any atom is 0.0561 e. The highest BCUT2D eigenvalue weighted by molar-refractivity contribution is 6.11. The molecule has 2 nitrogen and oxygen atoms in total. The van der Waals surface area contributed by atoms with Gasteiger partial charge in [0.05, 0.1) is 11.0 Å². The largest absolute Gasteiger partial charge is 0.314 e. The fourth-order valence-electron chi connectivity index (χ4n) is 8.79.